The lowest BCUT2D eigenvalue weighted by Crippen LogP contribution is -2.69. The molecule has 4 aliphatic rings. The van der Waals surface area contributed by atoms with Crippen molar-refractivity contribution in [3.63, 3.8) is 0 Å². The summed E-state index contributed by atoms with van der Waals surface area (Å²) in [6.45, 7) is 4.97. The molecule has 8 atom stereocenters. The highest BCUT2D eigenvalue weighted by Crippen LogP contribution is 2.71. The number of ketones is 2. The second kappa shape index (κ2) is 6.00. The zero-order chi connectivity index (χ0) is 20.7. The molecule has 0 spiro atoms. The summed E-state index contributed by atoms with van der Waals surface area (Å²) in [6.07, 6.45) is 6.22. The summed E-state index contributed by atoms with van der Waals surface area (Å²) in [7, 11) is 0. The molecule has 4 rings (SSSR count). The summed E-state index contributed by atoms with van der Waals surface area (Å²) in [5.41, 5.74) is -2.25. The van der Waals surface area contributed by atoms with Crippen LogP contribution in [0.15, 0.2) is 23.8 Å². The van der Waals surface area contributed by atoms with E-state index in [2.05, 4.69) is 0 Å². The predicted molar refractivity (Wildman–Crippen MR) is 105 cm³/mol. The lowest BCUT2D eigenvalue weighted by atomic mass is 9.45. The Bertz CT molecular complexity index is 805. The highest BCUT2D eigenvalue weighted by molar-refractivity contribution is 6.26. The molecule has 0 aromatic rings. The van der Waals surface area contributed by atoms with Gasteiger partial charge in [-0.1, -0.05) is 32.4 Å². The third kappa shape index (κ3) is 2.09. The Hall–Kier alpha value is -1.01. The summed E-state index contributed by atoms with van der Waals surface area (Å²) >= 11 is 7.30. The minimum atomic E-state index is -1.68. The summed E-state index contributed by atoms with van der Waals surface area (Å²) in [6, 6.07) is 0. The van der Waals surface area contributed by atoms with Crippen molar-refractivity contribution >= 4 is 23.2 Å². The van der Waals surface area contributed by atoms with E-state index in [1.54, 1.807) is 6.08 Å². The minimum absolute atomic E-state index is 0.0567. The summed E-state index contributed by atoms with van der Waals surface area (Å²) in [5.74, 6) is -1.15. The predicted octanol–water partition coefficient (Wildman–Crippen LogP) is 2.17. The molecule has 3 saturated carbocycles. The number of hydrogen-bond acceptors (Lipinski definition) is 5. The van der Waals surface area contributed by atoms with E-state index in [0.717, 1.165) is 5.57 Å². The van der Waals surface area contributed by atoms with Crippen molar-refractivity contribution in [1.82, 2.24) is 0 Å². The van der Waals surface area contributed by atoms with Crippen LogP contribution in [-0.2, 0) is 9.59 Å². The molecule has 154 valence electrons. The first-order chi connectivity index (χ1) is 13.0. The van der Waals surface area contributed by atoms with Crippen LogP contribution >= 0.6 is 11.6 Å². The largest absolute Gasteiger partial charge is 0.391 e. The number of fused-ring (bicyclic) bond motifs is 5. The average Bonchev–Trinajstić information content (AvgIpc) is 2.84. The van der Waals surface area contributed by atoms with Crippen molar-refractivity contribution in [2.75, 3.05) is 6.61 Å². The minimum Gasteiger partial charge on any atom is -0.391 e. The molecule has 0 radical (unpaired) electrons. The van der Waals surface area contributed by atoms with E-state index in [-0.39, 0.29) is 30.0 Å². The molecule has 6 heteroatoms. The maximum atomic E-state index is 12.6. The van der Waals surface area contributed by atoms with Crippen LogP contribution in [0.5, 0.6) is 0 Å². The van der Waals surface area contributed by atoms with Gasteiger partial charge >= 0.3 is 0 Å². The second-order valence-electron chi connectivity index (χ2n) is 9.75. The van der Waals surface area contributed by atoms with Crippen molar-refractivity contribution in [3.05, 3.63) is 23.8 Å². The van der Waals surface area contributed by atoms with Crippen LogP contribution < -0.4 is 0 Å². The zero-order valence-corrected chi connectivity index (χ0v) is 17.4. The normalized spacial score (nSPS) is 52.5. The third-order valence-corrected chi connectivity index (χ3v) is 9.72. The van der Waals surface area contributed by atoms with Crippen molar-refractivity contribution in [2.24, 2.45) is 28.6 Å². The van der Waals surface area contributed by atoms with Crippen molar-refractivity contribution in [3.8, 4) is 0 Å². The van der Waals surface area contributed by atoms with Gasteiger partial charge in [0.2, 0.25) is 0 Å². The number of halogens is 1. The first-order valence-corrected chi connectivity index (χ1v) is 10.5. The number of aliphatic hydroxyl groups excluding tert-OH is 2. The Balaban J connectivity index is 1.84. The maximum absolute atomic E-state index is 12.6. The molecule has 0 aromatic heterocycles. The van der Waals surface area contributed by atoms with Gasteiger partial charge in [0.05, 0.1) is 11.0 Å². The zero-order valence-electron chi connectivity index (χ0n) is 16.6. The first kappa shape index (κ1) is 20.3. The molecule has 0 heterocycles. The standard InChI is InChI=1S/C22H29ClO5/c1-12-8-16-15-5-4-13-9-14(25)6-7-19(13,2)21(15,23)17(26)10-20(16,3)22(12,28)18(27)11-24/h6-7,9,12,15-17,24,26,28H,4-5,8,10-11H2,1-3H3/t12-,15-,16-,17?,19-,20-,21-,22-/m0/s1. The molecule has 5 nitrogen and oxygen atoms in total. The third-order valence-electron chi connectivity index (χ3n) is 8.79. The SMILES string of the molecule is C[C@H]1C[C@H]2[C@@H]3CCC4=CC(=O)C=C[C@]4(C)[C@@]3(Cl)C(O)C[C@]2(C)[C@@]1(O)C(=O)CO. The fraction of sp³-hybridized carbons (Fsp3) is 0.727. The number of carbonyl (C=O) groups is 2. The molecule has 0 bridgehead atoms. The summed E-state index contributed by atoms with van der Waals surface area (Å²) in [4.78, 5) is 23.5. The summed E-state index contributed by atoms with van der Waals surface area (Å²) in [5, 5.41) is 32.3. The second-order valence-corrected chi connectivity index (χ2v) is 10.4. The van der Waals surface area contributed by atoms with Crippen LogP contribution in [0.4, 0.5) is 0 Å². The number of alkyl halides is 1. The number of Topliss-reactive ketones (excluding diaryl/α,β-unsaturated/α-hetero) is 1. The molecule has 28 heavy (non-hydrogen) atoms. The Labute approximate surface area is 170 Å². The van der Waals surface area contributed by atoms with Gasteiger partial charge in [0.15, 0.2) is 11.6 Å². The van der Waals surface area contributed by atoms with Crippen LogP contribution in [0.3, 0.4) is 0 Å². The number of rotatable bonds is 2. The van der Waals surface area contributed by atoms with Gasteiger partial charge in [-0.2, -0.15) is 0 Å². The fourth-order valence-corrected chi connectivity index (χ4v) is 7.78. The van der Waals surface area contributed by atoms with Gasteiger partial charge in [-0.3, -0.25) is 9.59 Å². The van der Waals surface area contributed by atoms with Gasteiger partial charge in [-0.05, 0) is 55.6 Å². The van der Waals surface area contributed by atoms with Crippen molar-refractivity contribution in [2.45, 2.75) is 63.0 Å². The monoisotopic (exact) mass is 408 g/mol. The van der Waals surface area contributed by atoms with Crippen molar-refractivity contribution < 1.29 is 24.9 Å². The molecule has 3 fully saturated rings. The van der Waals surface area contributed by atoms with E-state index in [1.165, 1.54) is 6.08 Å². The number of allylic oxidation sites excluding steroid dienone is 4. The fourth-order valence-electron chi connectivity index (χ4n) is 7.26. The quantitative estimate of drug-likeness (QED) is 0.608. The van der Waals surface area contributed by atoms with E-state index in [4.69, 9.17) is 11.6 Å². The maximum Gasteiger partial charge on any atom is 0.190 e. The van der Waals surface area contributed by atoms with E-state index >= 15 is 0 Å². The van der Waals surface area contributed by atoms with Gasteiger partial charge in [0.1, 0.15) is 12.2 Å². The molecule has 1 unspecified atom stereocenters. The number of aliphatic hydroxyl groups is 3. The molecule has 0 amide bonds. The number of hydrogen-bond donors (Lipinski definition) is 3. The van der Waals surface area contributed by atoms with Gasteiger partial charge in [0, 0.05) is 10.8 Å². The van der Waals surface area contributed by atoms with Crippen LogP contribution in [0.1, 0.15) is 46.5 Å². The Morgan fingerprint density at radius 1 is 1.32 bits per heavy atom. The molecule has 4 aliphatic carbocycles. The highest BCUT2D eigenvalue weighted by atomic mass is 35.5. The average molecular weight is 409 g/mol. The van der Waals surface area contributed by atoms with Gasteiger partial charge in [-0.15, -0.1) is 11.6 Å². The van der Waals surface area contributed by atoms with Gasteiger partial charge < -0.3 is 15.3 Å². The van der Waals surface area contributed by atoms with Gasteiger partial charge in [-0.25, -0.2) is 0 Å². The topological polar surface area (TPSA) is 94.8 Å². The first-order valence-electron chi connectivity index (χ1n) is 10.1. The smallest absolute Gasteiger partial charge is 0.190 e. The van der Waals surface area contributed by atoms with E-state index in [0.29, 0.717) is 19.3 Å². The lowest BCUT2D eigenvalue weighted by Gasteiger charge is -2.63. The molecular weight excluding hydrogens is 380 g/mol. The van der Waals surface area contributed by atoms with Crippen LogP contribution in [0, 0.1) is 28.6 Å². The summed E-state index contributed by atoms with van der Waals surface area (Å²) < 4.78 is 0. The van der Waals surface area contributed by atoms with Crippen LogP contribution in [0.25, 0.3) is 0 Å². The van der Waals surface area contributed by atoms with Crippen LogP contribution in [0.2, 0.25) is 0 Å². The van der Waals surface area contributed by atoms with E-state index < -0.39 is 39.8 Å². The van der Waals surface area contributed by atoms with Gasteiger partial charge in [0.25, 0.3) is 0 Å². The molecule has 0 saturated heterocycles. The van der Waals surface area contributed by atoms with Crippen molar-refractivity contribution in [1.29, 1.82) is 0 Å². The van der Waals surface area contributed by atoms with E-state index in [9.17, 15) is 24.9 Å². The number of carbonyl (C=O) groups excluding carboxylic acids is 2. The highest BCUT2D eigenvalue weighted by Gasteiger charge is 2.74. The van der Waals surface area contributed by atoms with Crippen LogP contribution in [-0.4, -0.2) is 50.1 Å². The molecule has 0 aromatic carbocycles. The Kier molecular flexibility index (Phi) is 4.35. The Morgan fingerprint density at radius 3 is 2.64 bits per heavy atom. The molecular formula is C22H29ClO5. The lowest BCUT2D eigenvalue weighted by molar-refractivity contribution is -0.179. The Morgan fingerprint density at radius 2 is 2.00 bits per heavy atom. The van der Waals surface area contributed by atoms with E-state index in [1.807, 2.05) is 26.8 Å². The molecule has 3 N–H and O–H groups in total. The molecule has 0 aliphatic heterocycles.